The first kappa shape index (κ1) is 16.2. The summed E-state index contributed by atoms with van der Waals surface area (Å²) in [5.74, 6) is -0.252. The van der Waals surface area contributed by atoms with Gasteiger partial charge in [0.2, 0.25) is 0 Å². The molecule has 0 fully saturated rings. The van der Waals surface area contributed by atoms with Crippen LogP contribution in [0.2, 0.25) is 10.0 Å². The van der Waals surface area contributed by atoms with Crippen LogP contribution in [0, 0.1) is 0 Å². The van der Waals surface area contributed by atoms with E-state index < -0.39 is 0 Å². The van der Waals surface area contributed by atoms with Crippen molar-refractivity contribution in [2.75, 3.05) is 19.8 Å². The minimum absolute atomic E-state index is 0.0628. The molecule has 4 nitrogen and oxygen atoms in total. The standard InChI is InChI=1S/C13H17Cl2NO3/c1-2-19-12(8-17)3-4-16-13(18)9-5-10(14)7-11(15)6-9/h5-7,12,17H,2-4,8H2,1H3,(H,16,18)/t12-/m0/s1. The van der Waals surface area contributed by atoms with Crippen LogP contribution < -0.4 is 5.32 Å². The molecule has 0 saturated carbocycles. The Kier molecular flexibility index (Phi) is 7.16. The summed E-state index contributed by atoms with van der Waals surface area (Å²) in [4.78, 5) is 11.8. The molecule has 1 atom stereocenters. The molecule has 0 heterocycles. The molecule has 0 aliphatic carbocycles. The Labute approximate surface area is 122 Å². The van der Waals surface area contributed by atoms with Gasteiger partial charge in [-0.05, 0) is 31.5 Å². The predicted octanol–water partition coefficient (Wildman–Crippen LogP) is 2.51. The van der Waals surface area contributed by atoms with Crippen molar-refractivity contribution in [2.45, 2.75) is 19.4 Å². The number of ether oxygens (including phenoxy) is 1. The molecule has 0 bridgehead atoms. The zero-order chi connectivity index (χ0) is 14.3. The molecule has 0 spiro atoms. The van der Waals surface area contributed by atoms with E-state index in [2.05, 4.69) is 5.32 Å². The summed E-state index contributed by atoms with van der Waals surface area (Å²) in [6.07, 6.45) is 0.290. The molecule has 106 valence electrons. The predicted molar refractivity (Wildman–Crippen MR) is 75.9 cm³/mol. The maximum absolute atomic E-state index is 11.8. The maximum atomic E-state index is 11.8. The summed E-state index contributed by atoms with van der Waals surface area (Å²) >= 11 is 11.6. The number of amides is 1. The fraction of sp³-hybridized carbons (Fsp3) is 0.462. The third-order valence-corrected chi connectivity index (χ3v) is 2.92. The van der Waals surface area contributed by atoms with Gasteiger partial charge in [0.25, 0.3) is 5.91 Å². The lowest BCUT2D eigenvalue weighted by atomic mass is 10.2. The highest BCUT2D eigenvalue weighted by Crippen LogP contribution is 2.18. The number of carbonyl (C=O) groups is 1. The van der Waals surface area contributed by atoms with Crippen molar-refractivity contribution in [2.24, 2.45) is 0 Å². The average molecular weight is 306 g/mol. The molecule has 0 radical (unpaired) electrons. The minimum Gasteiger partial charge on any atom is -0.394 e. The topological polar surface area (TPSA) is 58.6 Å². The molecule has 0 aromatic heterocycles. The lowest BCUT2D eigenvalue weighted by molar-refractivity contribution is 0.0154. The number of benzene rings is 1. The van der Waals surface area contributed by atoms with Crippen LogP contribution >= 0.6 is 23.2 Å². The Morgan fingerprint density at radius 3 is 2.53 bits per heavy atom. The van der Waals surface area contributed by atoms with E-state index in [1.54, 1.807) is 18.2 Å². The van der Waals surface area contributed by atoms with Crippen molar-refractivity contribution in [3.63, 3.8) is 0 Å². The van der Waals surface area contributed by atoms with Crippen LogP contribution in [0.1, 0.15) is 23.7 Å². The van der Waals surface area contributed by atoms with E-state index in [0.717, 1.165) is 0 Å². The first-order valence-corrected chi connectivity index (χ1v) is 6.79. The molecule has 1 aromatic rings. The second-order valence-electron chi connectivity index (χ2n) is 3.96. The van der Waals surface area contributed by atoms with Crippen molar-refractivity contribution < 1.29 is 14.6 Å². The molecule has 1 aromatic carbocycles. The van der Waals surface area contributed by atoms with Gasteiger partial charge in [-0.3, -0.25) is 4.79 Å². The first-order chi connectivity index (χ1) is 9.06. The van der Waals surface area contributed by atoms with Crippen molar-refractivity contribution in [1.82, 2.24) is 5.32 Å². The molecular weight excluding hydrogens is 289 g/mol. The van der Waals surface area contributed by atoms with E-state index in [1.165, 1.54) is 0 Å². The molecule has 2 N–H and O–H groups in total. The van der Waals surface area contributed by atoms with Crippen LogP contribution in [-0.2, 0) is 4.74 Å². The molecule has 0 unspecified atom stereocenters. The first-order valence-electron chi connectivity index (χ1n) is 6.03. The Balaban J connectivity index is 2.46. The third-order valence-electron chi connectivity index (χ3n) is 2.48. The summed E-state index contributed by atoms with van der Waals surface area (Å²) in [7, 11) is 0. The van der Waals surface area contributed by atoms with Gasteiger partial charge in [0, 0.05) is 28.8 Å². The highest BCUT2D eigenvalue weighted by molar-refractivity contribution is 6.35. The Hall–Kier alpha value is -0.810. The maximum Gasteiger partial charge on any atom is 0.251 e. The van der Waals surface area contributed by atoms with Crippen molar-refractivity contribution in [3.05, 3.63) is 33.8 Å². The number of hydrogen-bond acceptors (Lipinski definition) is 3. The number of hydrogen-bond donors (Lipinski definition) is 2. The Morgan fingerprint density at radius 1 is 1.37 bits per heavy atom. The smallest absolute Gasteiger partial charge is 0.251 e. The number of halogens is 2. The SMILES string of the molecule is CCO[C@H](CO)CCNC(=O)c1cc(Cl)cc(Cl)c1. The van der Waals surface area contributed by atoms with E-state index in [1.807, 2.05) is 6.92 Å². The van der Waals surface area contributed by atoms with Crippen molar-refractivity contribution >= 4 is 29.1 Å². The summed E-state index contributed by atoms with van der Waals surface area (Å²) in [5.41, 5.74) is 0.412. The van der Waals surface area contributed by atoms with Crippen LogP contribution in [-0.4, -0.2) is 36.9 Å². The van der Waals surface area contributed by atoms with Gasteiger partial charge in [-0.1, -0.05) is 23.2 Å². The second-order valence-corrected chi connectivity index (χ2v) is 4.84. The van der Waals surface area contributed by atoms with Crippen LogP contribution in [0.4, 0.5) is 0 Å². The number of nitrogens with one attached hydrogen (secondary N) is 1. The molecule has 0 aliphatic heterocycles. The molecule has 19 heavy (non-hydrogen) atoms. The lowest BCUT2D eigenvalue weighted by Gasteiger charge is -2.14. The van der Waals surface area contributed by atoms with Gasteiger partial charge in [0.05, 0.1) is 12.7 Å². The van der Waals surface area contributed by atoms with Crippen LogP contribution in [0.15, 0.2) is 18.2 Å². The Morgan fingerprint density at radius 2 is 2.00 bits per heavy atom. The van der Waals surface area contributed by atoms with E-state index >= 15 is 0 Å². The van der Waals surface area contributed by atoms with Gasteiger partial charge in [-0.15, -0.1) is 0 Å². The van der Waals surface area contributed by atoms with Gasteiger partial charge in [-0.2, -0.15) is 0 Å². The highest BCUT2D eigenvalue weighted by Gasteiger charge is 2.10. The van der Waals surface area contributed by atoms with Gasteiger partial charge < -0.3 is 15.2 Å². The van der Waals surface area contributed by atoms with Gasteiger partial charge >= 0.3 is 0 Å². The molecule has 6 heteroatoms. The monoisotopic (exact) mass is 305 g/mol. The zero-order valence-electron chi connectivity index (χ0n) is 10.7. The summed E-state index contributed by atoms with van der Waals surface area (Å²) in [5, 5.41) is 12.6. The number of carbonyl (C=O) groups excluding carboxylic acids is 1. The second kappa shape index (κ2) is 8.38. The zero-order valence-corrected chi connectivity index (χ0v) is 12.2. The number of aliphatic hydroxyl groups excluding tert-OH is 1. The van der Waals surface area contributed by atoms with E-state index in [0.29, 0.717) is 35.2 Å². The third kappa shape index (κ3) is 5.78. The number of aliphatic hydroxyl groups is 1. The highest BCUT2D eigenvalue weighted by atomic mass is 35.5. The number of rotatable bonds is 7. The van der Waals surface area contributed by atoms with Crippen LogP contribution in [0.5, 0.6) is 0 Å². The van der Waals surface area contributed by atoms with Gasteiger partial charge in [0.15, 0.2) is 0 Å². The molecule has 0 aliphatic rings. The fourth-order valence-electron chi connectivity index (χ4n) is 1.60. The van der Waals surface area contributed by atoms with E-state index in [-0.39, 0.29) is 18.6 Å². The fourth-order valence-corrected chi connectivity index (χ4v) is 2.12. The summed E-state index contributed by atoms with van der Waals surface area (Å²) in [6, 6.07) is 4.67. The van der Waals surface area contributed by atoms with E-state index in [9.17, 15) is 4.79 Å². The van der Waals surface area contributed by atoms with Gasteiger partial charge in [0.1, 0.15) is 0 Å². The van der Waals surface area contributed by atoms with E-state index in [4.69, 9.17) is 33.0 Å². The average Bonchev–Trinajstić information content (AvgIpc) is 2.36. The summed E-state index contributed by atoms with van der Waals surface area (Å²) in [6.45, 7) is 2.74. The summed E-state index contributed by atoms with van der Waals surface area (Å²) < 4.78 is 5.27. The quantitative estimate of drug-likeness (QED) is 0.814. The largest absolute Gasteiger partial charge is 0.394 e. The normalized spacial score (nSPS) is 12.2. The van der Waals surface area contributed by atoms with Crippen LogP contribution in [0.25, 0.3) is 0 Å². The van der Waals surface area contributed by atoms with Crippen molar-refractivity contribution in [3.8, 4) is 0 Å². The molecule has 1 rings (SSSR count). The minimum atomic E-state index is -0.256. The molecule has 1 amide bonds. The Bertz CT molecular complexity index is 406. The van der Waals surface area contributed by atoms with Gasteiger partial charge in [-0.25, -0.2) is 0 Å². The lowest BCUT2D eigenvalue weighted by Crippen LogP contribution is -2.29. The van der Waals surface area contributed by atoms with Crippen molar-refractivity contribution in [1.29, 1.82) is 0 Å². The molecular formula is C13H17Cl2NO3. The van der Waals surface area contributed by atoms with Crippen LogP contribution in [0.3, 0.4) is 0 Å². The molecule has 0 saturated heterocycles.